The molecule has 1 aliphatic heterocycles. The summed E-state index contributed by atoms with van der Waals surface area (Å²) in [5, 5.41) is 5.09. The van der Waals surface area contributed by atoms with Gasteiger partial charge in [0.1, 0.15) is 5.75 Å². The van der Waals surface area contributed by atoms with Crippen LogP contribution in [-0.4, -0.2) is 39.4 Å². The van der Waals surface area contributed by atoms with Gasteiger partial charge in [0.25, 0.3) is 0 Å². The van der Waals surface area contributed by atoms with Gasteiger partial charge in [-0.2, -0.15) is 0 Å². The van der Waals surface area contributed by atoms with E-state index in [1.807, 2.05) is 24.3 Å². The molecule has 2 aromatic carbocycles. The third kappa shape index (κ3) is 4.48. The monoisotopic (exact) mass is 372 g/mol. The summed E-state index contributed by atoms with van der Waals surface area (Å²) < 4.78 is 21.0. The molecule has 0 aromatic heterocycles. The van der Waals surface area contributed by atoms with Crippen LogP contribution < -0.4 is 24.8 Å². The maximum absolute atomic E-state index is 12.1. The second kappa shape index (κ2) is 8.41. The third-order valence-corrected chi connectivity index (χ3v) is 4.03. The number of methoxy groups -OCH3 is 2. The molecule has 0 spiro atoms. The smallest absolute Gasteiger partial charge is 0.313 e. The first-order chi connectivity index (χ1) is 13.1. The summed E-state index contributed by atoms with van der Waals surface area (Å²) in [7, 11) is 3.10. The lowest BCUT2D eigenvalue weighted by Crippen LogP contribution is -2.37. The molecule has 1 atom stereocenters. The highest BCUT2D eigenvalue weighted by Crippen LogP contribution is 2.34. The van der Waals surface area contributed by atoms with Crippen LogP contribution in [0.4, 0.5) is 5.69 Å². The number of carbonyl (C=O) groups is 2. The van der Waals surface area contributed by atoms with Crippen LogP contribution in [-0.2, 0) is 14.3 Å². The van der Waals surface area contributed by atoms with E-state index in [4.69, 9.17) is 18.9 Å². The summed E-state index contributed by atoms with van der Waals surface area (Å²) in [6, 6.07) is 12.2. The van der Waals surface area contributed by atoms with Gasteiger partial charge in [0.2, 0.25) is 6.79 Å². The van der Waals surface area contributed by atoms with Crippen molar-refractivity contribution in [3.05, 3.63) is 48.0 Å². The van der Waals surface area contributed by atoms with Crippen LogP contribution in [0.1, 0.15) is 11.7 Å². The minimum absolute atomic E-state index is 0.135. The predicted molar refractivity (Wildman–Crippen MR) is 96.9 cm³/mol. The van der Waals surface area contributed by atoms with Crippen LogP contribution in [0.5, 0.6) is 17.2 Å². The topological polar surface area (TPSA) is 95.1 Å². The van der Waals surface area contributed by atoms with Crippen molar-refractivity contribution in [1.29, 1.82) is 0 Å². The number of hydrogen-bond acceptors (Lipinski definition) is 6. The molecule has 0 radical (unpaired) electrons. The molecule has 1 aliphatic rings. The van der Waals surface area contributed by atoms with Gasteiger partial charge in [-0.25, -0.2) is 0 Å². The van der Waals surface area contributed by atoms with E-state index in [-0.39, 0.29) is 13.3 Å². The third-order valence-electron chi connectivity index (χ3n) is 4.03. The Kier molecular flexibility index (Phi) is 5.77. The first-order valence-electron chi connectivity index (χ1n) is 8.26. The van der Waals surface area contributed by atoms with E-state index >= 15 is 0 Å². The molecule has 8 nitrogen and oxygen atoms in total. The maximum Gasteiger partial charge on any atom is 0.313 e. The molecule has 8 heteroatoms. The van der Waals surface area contributed by atoms with E-state index in [1.165, 1.54) is 7.11 Å². The van der Waals surface area contributed by atoms with Crippen molar-refractivity contribution in [2.75, 3.05) is 32.9 Å². The standard InChI is InChI=1S/C19H20N2O6/c1-24-14-5-3-4-12(8-14)17(25-2)10-20-18(22)19(23)21-13-6-7-15-16(9-13)27-11-26-15/h3-9,17H,10-11H2,1-2H3,(H,20,22)(H,21,23). The second-order valence-corrected chi connectivity index (χ2v) is 5.73. The molecular formula is C19H20N2O6. The van der Waals surface area contributed by atoms with E-state index < -0.39 is 17.9 Å². The van der Waals surface area contributed by atoms with Gasteiger partial charge in [0, 0.05) is 25.4 Å². The molecule has 142 valence electrons. The molecule has 0 fully saturated rings. The Bertz CT molecular complexity index is 839. The molecule has 0 aliphatic carbocycles. The molecule has 3 rings (SSSR count). The molecular weight excluding hydrogens is 352 g/mol. The first kappa shape index (κ1) is 18.5. The van der Waals surface area contributed by atoms with Gasteiger partial charge in [-0.15, -0.1) is 0 Å². The lowest BCUT2D eigenvalue weighted by Gasteiger charge is -2.17. The summed E-state index contributed by atoms with van der Waals surface area (Å²) in [5.41, 5.74) is 1.27. The van der Waals surface area contributed by atoms with Gasteiger partial charge in [-0.3, -0.25) is 9.59 Å². The zero-order chi connectivity index (χ0) is 19.2. The Hall–Kier alpha value is -3.26. The van der Waals surface area contributed by atoms with E-state index in [1.54, 1.807) is 25.3 Å². The van der Waals surface area contributed by atoms with E-state index in [9.17, 15) is 9.59 Å². The highest BCUT2D eigenvalue weighted by atomic mass is 16.7. The Morgan fingerprint density at radius 1 is 1.07 bits per heavy atom. The molecule has 2 aromatic rings. The number of fused-ring (bicyclic) bond motifs is 1. The van der Waals surface area contributed by atoms with Crippen molar-refractivity contribution in [3.8, 4) is 17.2 Å². The predicted octanol–water partition coefficient (Wildman–Crippen LogP) is 1.87. The Morgan fingerprint density at radius 2 is 1.89 bits per heavy atom. The van der Waals surface area contributed by atoms with Crippen LogP contribution in [0.15, 0.2) is 42.5 Å². The lowest BCUT2D eigenvalue weighted by atomic mass is 10.1. The van der Waals surface area contributed by atoms with E-state index in [0.29, 0.717) is 22.9 Å². The molecule has 27 heavy (non-hydrogen) atoms. The van der Waals surface area contributed by atoms with Gasteiger partial charge in [-0.1, -0.05) is 12.1 Å². The lowest BCUT2D eigenvalue weighted by molar-refractivity contribution is -0.136. The van der Waals surface area contributed by atoms with Crippen molar-refractivity contribution >= 4 is 17.5 Å². The molecule has 1 heterocycles. The molecule has 0 saturated carbocycles. The average molecular weight is 372 g/mol. The summed E-state index contributed by atoms with van der Waals surface area (Å²) >= 11 is 0. The SMILES string of the molecule is COc1cccc(C(CNC(=O)C(=O)Nc2ccc3c(c2)OCO3)OC)c1. The molecule has 2 amide bonds. The van der Waals surface area contributed by atoms with Gasteiger partial charge in [-0.05, 0) is 29.8 Å². The van der Waals surface area contributed by atoms with Crippen molar-refractivity contribution in [1.82, 2.24) is 5.32 Å². The molecule has 0 bridgehead atoms. The number of carbonyl (C=O) groups excluding carboxylic acids is 2. The average Bonchev–Trinajstić information content (AvgIpc) is 3.16. The highest BCUT2D eigenvalue weighted by Gasteiger charge is 2.19. The Labute approximate surface area is 156 Å². The summed E-state index contributed by atoms with van der Waals surface area (Å²) in [5.74, 6) is 0.248. The first-order valence-corrected chi connectivity index (χ1v) is 8.26. The van der Waals surface area contributed by atoms with Gasteiger partial charge in [0.05, 0.1) is 13.2 Å². The zero-order valence-corrected chi connectivity index (χ0v) is 15.0. The second-order valence-electron chi connectivity index (χ2n) is 5.73. The zero-order valence-electron chi connectivity index (χ0n) is 15.0. The van der Waals surface area contributed by atoms with Crippen LogP contribution in [0.3, 0.4) is 0 Å². The van der Waals surface area contributed by atoms with Crippen molar-refractivity contribution in [2.24, 2.45) is 0 Å². The summed E-state index contributed by atoms with van der Waals surface area (Å²) in [6.45, 7) is 0.271. The van der Waals surface area contributed by atoms with Crippen LogP contribution in [0, 0.1) is 0 Å². The number of rotatable bonds is 6. The number of amides is 2. The van der Waals surface area contributed by atoms with E-state index in [2.05, 4.69) is 10.6 Å². The Morgan fingerprint density at radius 3 is 2.67 bits per heavy atom. The number of anilines is 1. The maximum atomic E-state index is 12.1. The number of benzene rings is 2. The van der Waals surface area contributed by atoms with Crippen molar-refractivity contribution < 1.29 is 28.5 Å². The fourth-order valence-electron chi connectivity index (χ4n) is 2.61. The minimum Gasteiger partial charge on any atom is -0.497 e. The normalized spacial score (nSPS) is 13.0. The van der Waals surface area contributed by atoms with Crippen molar-refractivity contribution in [3.63, 3.8) is 0 Å². The number of nitrogens with one attached hydrogen (secondary N) is 2. The fraction of sp³-hybridized carbons (Fsp3) is 0.263. The fourth-order valence-corrected chi connectivity index (χ4v) is 2.61. The van der Waals surface area contributed by atoms with Crippen LogP contribution in [0.25, 0.3) is 0 Å². The summed E-state index contributed by atoms with van der Waals surface area (Å²) in [4.78, 5) is 24.2. The molecule has 1 unspecified atom stereocenters. The van der Waals surface area contributed by atoms with Gasteiger partial charge in [0.15, 0.2) is 11.5 Å². The van der Waals surface area contributed by atoms with Crippen LogP contribution in [0.2, 0.25) is 0 Å². The quantitative estimate of drug-likeness (QED) is 0.752. The van der Waals surface area contributed by atoms with Gasteiger partial charge < -0.3 is 29.6 Å². The largest absolute Gasteiger partial charge is 0.497 e. The number of hydrogen-bond donors (Lipinski definition) is 2. The summed E-state index contributed by atoms with van der Waals surface area (Å²) in [6.07, 6.45) is -0.414. The van der Waals surface area contributed by atoms with Gasteiger partial charge >= 0.3 is 11.8 Å². The van der Waals surface area contributed by atoms with E-state index in [0.717, 1.165) is 5.56 Å². The minimum atomic E-state index is -0.783. The van der Waals surface area contributed by atoms with Crippen LogP contribution >= 0.6 is 0 Å². The molecule has 0 saturated heterocycles. The van der Waals surface area contributed by atoms with Crippen molar-refractivity contribution in [2.45, 2.75) is 6.10 Å². The number of ether oxygens (including phenoxy) is 4. The Balaban J connectivity index is 1.56. The molecule has 2 N–H and O–H groups in total. The highest BCUT2D eigenvalue weighted by molar-refractivity contribution is 6.39.